The monoisotopic (exact) mass is 334 g/mol. The number of halogens is 1. The van der Waals surface area contributed by atoms with Crippen LogP contribution in [0.5, 0.6) is 0 Å². The van der Waals surface area contributed by atoms with Gasteiger partial charge in [-0.05, 0) is 53.0 Å². The molecule has 1 N–H and O–H groups in total. The summed E-state index contributed by atoms with van der Waals surface area (Å²) in [5, 5.41) is 2.94. The number of nitrogens with zero attached hydrogens (tertiary/aromatic N) is 1. The van der Waals surface area contributed by atoms with Crippen molar-refractivity contribution in [1.82, 2.24) is 4.90 Å². The van der Waals surface area contributed by atoms with Crippen LogP contribution in [0.1, 0.15) is 24.6 Å². The lowest BCUT2D eigenvalue weighted by Gasteiger charge is -2.23. The van der Waals surface area contributed by atoms with Gasteiger partial charge in [-0.2, -0.15) is 0 Å². The van der Waals surface area contributed by atoms with Crippen LogP contribution in [0.15, 0.2) is 51.6 Å². The van der Waals surface area contributed by atoms with Crippen LogP contribution in [0.3, 0.4) is 0 Å². The van der Waals surface area contributed by atoms with E-state index in [9.17, 15) is 4.79 Å². The minimum absolute atomic E-state index is 0.0347. The molecule has 20 heavy (non-hydrogen) atoms. The van der Waals surface area contributed by atoms with Crippen molar-refractivity contribution in [3.05, 3.63) is 52.9 Å². The number of urea groups is 1. The molecular weight excluding hydrogens is 320 g/mol. The molecule has 0 saturated carbocycles. The highest BCUT2D eigenvalue weighted by Crippen LogP contribution is 2.33. The molecule has 0 radical (unpaired) electrons. The van der Waals surface area contributed by atoms with E-state index >= 15 is 0 Å². The minimum atomic E-state index is -0.0872. The summed E-state index contributed by atoms with van der Waals surface area (Å²) in [4.78, 5) is 14.3. The quantitative estimate of drug-likeness (QED) is 0.883. The highest BCUT2D eigenvalue weighted by molar-refractivity contribution is 9.10. The van der Waals surface area contributed by atoms with Crippen LogP contribution in [-0.4, -0.2) is 17.5 Å². The number of carbonyl (C=O) groups excluding carboxylic acids is 1. The number of amides is 2. The van der Waals surface area contributed by atoms with E-state index in [-0.39, 0.29) is 12.1 Å². The molecular formula is C15H15BrN2O2. The van der Waals surface area contributed by atoms with E-state index in [1.807, 2.05) is 41.3 Å². The number of anilines is 1. The summed E-state index contributed by atoms with van der Waals surface area (Å²) in [6.07, 6.45) is 3.59. The second-order valence-electron chi connectivity index (χ2n) is 4.78. The van der Waals surface area contributed by atoms with Crippen LogP contribution >= 0.6 is 15.9 Å². The molecule has 3 rings (SSSR count). The molecule has 1 atom stereocenters. The Balaban J connectivity index is 1.75. The molecule has 104 valence electrons. The van der Waals surface area contributed by atoms with Gasteiger partial charge in [-0.15, -0.1) is 0 Å². The molecule has 1 aromatic heterocycles. The lowest BCUT2D eigenvalue weighted by atomic mass is 10.2. The van der Waals surface area contributed by atoms with Crippen molar-refractivity contribution in [3.8, 4) is 0 Å². The molecule has 2 heterocycles. The third-order valence-corrected chi connectivity index (χ3v) is 4.19. The highest BCUT2D eigenvalue weighted by Gasteiger charge is 2.31. The van der Waals surface area contributed by atoms with Crippen LogP contribution in [0, 0.1) is 0 Å². The zero-order valence-electron chi connectivity index (χ0n) is 10.9. The summed E-state index contributed by atoms with van der Waals surface area (Å²) in [5.74, 6) is 0.852. The van der Waals surface area contributed by atoms with E-state index in [2.05, 4.69) is 21.2 Å². The van der Waals surface area contributed by atoms with Gasteiger partial charge in [0.05, 0.1) is 18.0 Å². The summed E-state index contributed by atoms with van der Waals surface area (Å²) < 4.78 is 6.32. The topological polar surface area (TPSA) is 45.5 Å². The molecule has 1 aliphatic heterocycles. The number of carbonyl (C=O) groups is 1. The Kier molecular flexibility index (Phi) is 3.78. The summed E-state index contributed by atoms with van der Waals surface area (Å²) in [6, 6.07) is 11.3. The van der Waals surface area contributed by atoms with E-state index in [1.165, 1.54) is 0 Å². The second-order valence-corrected chi connectivity index (χ2v) is 5.63. The Morgan fingerprint density at radius 2 is 2.15 bits per heavy atom. The highest BCUT2D eigenvalue weighted by atomic mass is 79.9. The Labute approximate surface area is 125 Å². The fraction of sp³-hybridized carbons (Fsp3) is 0.267. The van der Waals surface area contributed by atoms with Crippen molar-refractivity contribution in [2.75, 3.05) is 11.9 Å². The fourth-order valence-electron chi connectivity index (χ4n) is 2.54. The lowest BCUT2D eigenvalue weighted by molar-refractivity contribution is 0.200. The van der Waals surface area contributed by atoms with Crippen LogP contribution < -0.4 is 5.32 Å². The Morgan fingerprint density at radius 1 is 1.30 bits per heavy atom. The van der Waals surface area contributed by atoms with Crippen molar-refractivity contribution < 1.29 is 9.21 Å². The van der Waals surface area contributed by atoms with E-state index in [1.54, 1.807) is 6.26 Å². The molecule has 0 spiro atoms. The number of furan rings is 1. The summed E-state index contributed by atoms with van der Waals surface area (Å²) in [7, 11) is 0. The zero-order chi connectivity index (χ0) is 13.9. The first kappa shape index (κ1) is 13.2. The van der Waals surface area contributed by atoms with Gasteiger partial charge >= 0.3 is 6.03 Å². The number of rotatable bonds is 2. The number of hydrogen-bond donors (Lipinski definition) is 1. The number of benzene rings is 1. The van der Waals surface area contributed by atoms with Gasteiger partial charge in [0.1, 0.15) is 5.76 Å². The predicted molar refractivity (Wildman–Crippen MR) is 80.5 cm³/mol. The SMILES string of the molecule is O=C(Nc1ccccc1Br)N1CCCC1c1ccco1. The molecule has 1 aliphatic rings. The van der Waals surface area contributed by atoms with Gasteiger partial charge in [0, 0.05) is 11.0 Å². The van der Waals surface area contributed by atoms with E-state index in [0.717, 1.165) is 35.3 Å². The third-order valence-electron chi connectivity index (χ3n) is 3.50. The van der Waals surface area contributed by atoms with Crippen molar-refractivity contribution in [2.24, 2.45) is 0 Å². The lowest BCUT2D eigenvalue weighted by Crippen LogP contribution is -2.34. The number of nitrogens with one attached hydrogen (secondary N) is 1. The van der Waals surface area contributed by atoms with Gasteiger partial charge in [-0.25, -0.2) is 4.79 Å². The van der Waals surface area contributed by atoms with Gasteiger partial charge in [0.2, 0.25) is 0 Å². The molecule has 0 aliphatic carbocycles. The van der Waals surface area contributed by atoms with Gasteiger partial charge < -0.3 is 14.6 Å². The number of para-hydroxylation sites is 1. The summed E-state index contributed by atoms with van der Waals surface area (Å²) >= 11 is 3.44. The normalized spacial score (nSPS) is 18.2. The standard InChI is InChI=1S/C15H15BrN2O2/c16-11-5-1-2-6-12(11)17-15(19)18-9-3-7-13(18)14-8-4-10-20-14/h1-2,4-6,8,10,13H,3,7,9H2,(H,17,19). The third kappa shape index (κ3) is 2.58. The van der Waals surface area contributed by atoms with E-state index < -0.39 is 0 Å². The maximum atomic E-state index is 12.4. The molecule has 2 aromatic rings. The Morgan fingerprint density at radius 3 is 2.90 bits per heavy atom. The van der Waals surface area contributed by atoms with Crippen molar-refractivity contribution in [3.63, 3.8) is 0 Å². The van der Waals surface area contributed by atoms with Gasteiger partial charge in [0.15, 0.2) is 0 Å². The minimum Gasteiger partial charge on any atom is -0.467 e. The summed E-state index contributed by atoms with van der Waals surface area (Å²) in [5.41, 5.74) is 0.780. The Hall–Kier alpha value is -1.75. The molecule has 2 amide bonds. The largest absolute Gasteiger partial charge is 0.467 e. The van der Waals surface area contributed by atoms with Crippen molar-refractivity contribution in [2.45, 2.75) is 18.9 Å². The second kappa shape index (κ2) is 5.71. The van der Waals surface area contributed by atoms with Crippen LogP contribution in [-0.2, 0) is 0 Å². The molecule has 1 saturated heterocycles. The smallest absolute Gasteiger partial charge is 0.322 e. The molecule has 5 heteroatoms. The molecule has 1 unspecified atom stereocenters. The Bertz CT molecular complexity index is 598. The summed E-state index contributed by atoms with van der Waals surface area (Å²) in [6.45, 7) is 0.752. The maximum Gasteiger partial charge on any atom is 0.322 e. The average molecular weight is 335 g/mol. The number of likely N-dealkylation sites (tertiary alicyclic amines) is 1. The fourth-order valence-corrected chi connectivity index (χ4v) is 2.92. The first-order valence-corrected chi connectivity index (χ1v) is 7.40. The van der Waals surface area contributed by atoms with E-state index in [0.29, 0.717) is 0 Å². The van der Waals surface area contributed by atoms with Crippen LogP contribution in [0.4, 0.5) is 10.5 Å². The predicted octanol–water partition coefficient (Wildman–Crippen LogP) is 4.41. The molecule has 4 nitrogen and oxygen atoms in total. The maximum absolute atomic E-state index is 12.4. The van der Waals surface area contributed by atoms with Crippen molar-refractivity contribution >= 4 is 27.6 Å². The average Bonchev–Trinajstić information content (AvgIpc) is 3.11. The first-order valence-electron chi connectivity index (χ1n) is 6.61. The van der Waals surface area contributed by atoms with Gasteiger partial charge in [-0.1, -0.05) is 12.1 Å². The van der Waals surface area contributed by atoms with Crippen molar-refractivity contribution in [1.29, 1.82) is 0 Å². The van der Waals surface area contributed by atoms with Gasteiger partial charge in [0.25, 0.3) is 0 Å². The first-order chi connectivity index (χ1) is 9.75. The zero-order valence-corrected chi connectivity index (χ0v) is 12.5. The van der Waals surface area contributed by atoms with E-state index in [4.69, 9.17) is 4.42 Å². The molecule has 0 bridgehead atoms. The molecule has 1 aromatic carbocycles. The van der Waals surface area contributed by atoms with Crippen LogP contribution in [0.2, 0.25) is 0 Å². The molecule has 1 fully saturated rings. The number of hydrogen-bond acceptors (Lipinski definition) is 2. The van der Waals surface area contributed by atoms with Gasteiger partial charge in [-0.3, -0.25) is 0 Å². The van der Waals surface area contributed by atoms with Crippen LogP contribution in [0.25, 0.3) is 0 Å².